The summed E-state index contributed by atoms with van der Waals surface area (Å²) in [6.45, 7) is 0.415. The lowest BCUT2D eigenvalue weighted by Crippen LogP contribution is -2.14. The molecule has 1 aromatic heterocycles. The third kappa shape index (κ3) is 2.63. The molecule has 0 aliphatic heterocycles. The number of carbonyl (C=O) groups excluding carboxylic acids is 2. The standard InChI is InChI=1S/C13H9Cl2NO2/c14-10-5-2-1-4-9(10)8-16-7-3-6-11(16)12(17)13(15)18/h1-7H,8H2. The Morgan fingerprint density at radius 3 is 2.50 bits per heavy atom. The lowest BCUT2D eigenvalue weighted by molar-refractivity contribution is -0.108. The number of hydrogen-bond donors (Lipinski definition) is 0. The van der Waals surface area contributed by atoms with Crippen LogP contribution in [-0.4, -0.2) is 15.6 Å². The summed E-state index contributed by atoms with van der Waals surface area (Å²) in [5.41, 5.74) is 1.13. The summed E-state index contributed by atoms with van der Waals surface area (Å²) in [5, 5.41) is -0.379. The van der Waals surface area contributed by atoms with E-state index in [0.29, 0.717) is 11.6 Å². The van der Waals surface area contributed by atoms with E-state index in [0.717, 1.165) is 5.56 Å². The fourth-order valence-electron chi connectivity index (χ4n) is 1.67. The van der Waals surface area contributed by atoms with Gasteiger partial charge >= 0.3 is 0 Å². The molecule has 0 spiro atoms. The summed E-state index contributed by atoms with van der Waals surface area (Å²) >= 11 is 11.2. The zero-order valence-corrected chi connectivity index (χ0v) is 10.8. The van der Waals surface area contributed by atoms with E-state index in [1.807, 2.05) is 18.2 Å². The molecule has 5 heteroatoms. The summed E-state index contributed by atoms with van der Waals surface area (Å²) in [7, 11) is 0. The van der Waals surface area contributed by atoms with Gasteiger partial charge in [0, 0.05) is 17.8 Å². The molecule has 0 aliphatic carbocycles. The first-order valence-electron chi connectivity index (χ1n) is 5.22. The smallest absolute Gasteiger partial charge is 0.294 e. The molecule has 18 heavy (non-hydrogen) atoms. The SMILES string of the molecule is O=C(Cl)C(=O)c1cccn1Cc1ccccc1Cl. The summed E-state index contributed by atoms with van der Waals surface area (Å²) in [5.74, 6) is -0.714. The molecule has 0 saturated heterocycles. The van der Waals surface area contributed by atoms with Gasteiger partial charge in [-0.25, -0.2) is 0 Å². The Bertz CT molecular complexity index is 605. The van der Waals surface area contributed by atoms with Gasteiger partial charge in [-0.15, -0.1) is 0 Å². The molecular weight excluding hydrogens is 273 g/mol. The van der Waals surface area contributed by atoms with Crippen LogP contribution in [0, 0.1) is 0 Å². The third-order valence-corrected chi connectivity index (χ3v) is 3.08. The molecule has 2 aromatic rings. The second kappa shape index (κ2) is 5.38. The minimum absolute atomic E-state index is 0.259. The Morgan fingerprint density at radius 2 is 1.83 bits per heavy atom. The maximum absolute atomic E-state index is 11.6. The van der Waals surface area contributed by atoms with Crippen LogP contribution < -0.4 is 0 Å². The van der Waals surface area contributed by atoms with Crippen LogP contribution in [0.4, 0.5) is 0 Å². The van der Waals surface area contributed by atoms with Crippen molar-refractivity contribution in [1.29, 1.82) is 0 Å². The molecular formula is C13H9Cl2NO2. The number of carbonyl (C=O) groups is 2. The van der Waals surface area contributed by atoms with E-state index in [1.54, 1.807) is 29.0 Å². The predicted octanol–water partition coefficient (Wildman–Crippen LogP) is 3.14. The molecule has 0 atom stereocenters. The monoisotopic (exact) mass is 281 g/mol. The fourth-order valence-corrected chi connectivity index (χ4v) is 1.96. The van der Waals surface area contributed by atoms with Gasteiger partial charge in [0.15, 0.2) is 0 Å². The number of aromatic nitrogens is 1. The molecule has 1 heterocycles. The predicted molar refractivity (Wildman–Crippen MR) is 70.2 cm³/mol. The Hall–Kier alpha value is -1.58. The number of ketones is 1. The van der Waals surface area contributed by atoms with Crippen molar-refractivity contribution in [1.82, 2.24) is 4.57 Å². The number of rotatable bonds is 4. The minimum Gasteiger partial charge on any atom is -0.340 e. The quantitative estimate of drug-likeness (QED) is 0.491. The average Bonchev–Trinajstić information content (AvgIpc) is 2.79. The Kier molecular flexibility index (Phi) is 3.84. The van der Waals surface area contributed by atoms with Gasteiger partial charge in [0.1, 0.15) is 0 Å². The number of hydrogen-bond acceptors (Lipinski definition) is 2. The van der Waals surface area contributed by atoms with Crippen molar-refractivity contribution in [3.05, 3.63) is 58.9 Å². The van der Waals surface area contributed by atoms with Crippen molar-refractivity contribution in [2.75, 3.05) is 0 Å². The molecule has 0 aliphatic rings. The van der Waals surface area contributed by atoms with Crippen molar-refractivity contribution in [2.45, 2.75) is 6.54 Å². The summed E-state index contributed by atoms with van der Waals surface area (Å²) in [6, 6.07) is 10.6. The average molecular weight is 282 g/mol. The van der Waals surface area contributed by atoms with Gasteiger partial charge in [-0.1, -0.05) is 29.8 Å². The van der Waals surface area contributed by atoms with Gasteiger partial charge in [-0.2, -0.15) is 0 Å². The maximum atomic E-state index is 11.6. The lowest BCUT2D eigenvalue weighted by atomic mass is 10.2. The van der Waals surface area contributed by atoms with E-state index in [2.05, 4.69) is 0 Å². The van der Waals surface area contributed by atoms with Crippen molar-refractivity contribution in [2.24, 2.45) is 0 Å². The molecule has 2 rings (SSSR count). The number of nitrogens with zero attached hydrogens (tertiary/aromatic N) is 1. The van der Waals surface area contributed by atoms with Crippen molar-refractivity contribution < 1.29 is 9.59 Å². The van der Waals surface area contributed by atoms with E-state index in [9.17, 15) is 9.59 Å². The van der Waals surface area contributed by atoms with Crippen LogP contribution in [0.2, 0.25) is 5.02 Å². The van der Waals surface area contributed by atoms with E-state index < -0.39 is 11.0 Å². The van der Waals surface area contributed by atoms with Crippen LogP contribution in [0.1, 0.15) is 16.1 Å². The maximum Gasteiger partial charge on any atom is 0.294 e. The molecule has 0 amide bonds. The van der Waals surface area contributed by atoms with Gasteiger partial charge < -0.3 is 4.57 Å². The van der Waals surface area contributed by atoms with Gasteiger partial charge in [0.2, 0.25) is 0 Å². The summed E-state index contributed by atoms with van der Waals surface area (Å²) in [4.78, 5) is 22.5. The van der Waals surface area contributed by atoms with Crippen molar-refractivity contribution >= 4 is 34.2 Å². The summed E-state index contributed by atoms with van der Waals surface area (Å²) < 4.78 is 1.64. The highest BCUT2D eigenvalue weighted by atomic mass is 35.5. The third-order valence-electron chi connectivity index (χ3n) is 2.54. The van der Waals surface area contributed by atoms with E-state index in [-0.39, 0.29) is 5.69 Å². The lowest BCUT2D eigenvalue weighted by Gasteiger charge is -2.08. The zero-order valence-electron chi connectivity index (χ0n) is 9.27. The molecule has 0 unspecified atom stereocenters. The molecule has 0 saturated carbocycles. The second-order valence-corrected chi connectivity index (χ2v) is 4.47. The Labute approximate surface area is 114 Å². The normalized spacial score (nSPS) is 10.3. The highest BCUT2D eigenvalue weighted by Crippen LogP contribution is 2.17. The Balaban J connectivity index is 2.31. The summed E-state index contributed by atoms with van der Waals surface area (Å²) in [6.07, 6.45) is 1.70. The number of benzene rings is 1. The van der Waals surface area contributed by atoms with Crippen LogP contribution in [0.15, 0.2) is 42.6 Å². The highest BCUT2D eigenvalue weighted by molar-refractivity contribution is 6.83. The van der Waals surface area contributed by atoms with E-state index in [1.165, 1.54) is 0 Å². The topological polar surface area (TPSA) is 39.1 Å². The van der Waals surface area contributed by atoms with Crippen LogP contribution in [0.5, 0.6) is 0 Å². The van der Waals surface area contributed by atoms with Crippen LogP contribution >= 0.6 is 23.2 Å². The molecule has 1 aromatic carbocycles. The fraction of sp³-hybridized carbons (Fsp3) is 0.0769. The van der Waals surface area contributed by atoms with Crippen LogP contribution in [0.25, 0.3) is 0 Å². The van der Waals surface area contributed by atoms with Crippen LogP contribution in [0.3, 0.4) is 0 Å². The first kappa shape index (κ1) is 12.9. The molecule has 0 radical (unpaired) electrons. The van der Waals surface area contributed by atoms with Gasteiger partial charge in [-0.3, -0.25) is 9.59 Å². The van der Waals surface area contributed by atoms with Gasteiger partial charge in [-0.05, 0) is 35.4 Å². The minimum atomic E-state index is -0.992. The first-order chi connectivity index (χ1) is 8.59. The van der Waals surface area contributed by atoms with Crippen molar-refractivity contribution in [3.8, 4) is 0 Å². The first-order valence-corrected chi connectivity index (χ1v) is 5.98. The van der Waals surface area contributed by atoms with Gasteiger partial charge in [0.05, 0.1) is 5.69 Å². The van der Waals surface area contributed by atoms with Crippen molar-refractivity contribution in [3.63, 3.8) is 0 Å². The number of Topliss-reactive ketones (excluding diaryl/α,β-unsaturated/α-hetero) is 1. The zero-order chi connectivity index (χ0) is 13.1. The number of halogens is 2. The molecule has 0 bridgehead atoms. The van der Waals surface area contributed by atoms with Gasteiger partial charge in [0.25, 0.3) is 11.0 Å². The van der Waals surface area contributed by atoms with E-state index in [4.69, 9.17) is 23.2 Å². The Morgan fingerprint density at radius 1 is 1.11 bits per heavy atom. The van der Waals surface area contributed by atoms with E-state index >= 15 is 0 Å². The largest absolute Gasteiger partial charge is 0.340 e. The second-order valence-electron chi connectivity index (χ2n) is 3.72. The van der Waals surface area contributed by atoms with Crippen LogP contribution in [-0.2, 0) is 11.3 Å². The molecule has 3 nitrogen and oxygen atoms in total. The molecule has 0 fully saturated rings. The molecule has 92 valence electrons. The molecule has 0 N–H and O–H groups in total. The highest BCUT2D eigenvalue weighted by Gasteiger charge is 2.17.